The van der Waals surface area contributed by atoms with Crippen molar-refractivity contribution in [2.45, 2.75) is 12.8 Å². The predicted octanol–water partition coefficient (Wildman–Crippen LogP) is 0.749. The van der Waals surface area contributed by atoms with E-state index in [0.29, 0.717) is 26.1 Å². The lowest BCUT2D eigenvalue weighted by atomic mass is 9.84. The Bertz CT molecular complexity index is 86.9. The number of aliphatic hydroxyl groups is 1. The molecule has 0 aromatic heterocycles. The van der Waals surface area contributed by atoms with Crippen molar-refractivity contribution in [3.63, 3.8) is 0 Å². The van der Waals surface area contributed by atoms with Crippen molar-refractivity contribution in [3.05, 3.63) is 6.92 Å². The number of hydrogen-bond donors (Lipinski definition) is 1. The van der Waals surface area contributed by atoms with E-state index in [1.54, 1.807) is 14.2 Å². The Morgan fingerprint density at radius 3 is 2.00 bits per heavy atom. The van der Waals surface area contributed by atoms with Crippen LogP contribution < -0.4 is 0 Å². The van der Waals surface area contributed by atoms with Crippen molar-refractivity contribution in [3.8, 4) is 0 Å². The molecule has 0 rings (SSSR count). The van der Waals surface area contributed by atoms with Crippen LogP contribution in [-0.4, -0.2) is 39.1 Å². The van der Waals surface area contributed by atoms with E-state index in [2.05, 4.69) is 0 Å². The molecule has 3 heteroatoms. The summed E-state index contributed by atoms with van der Waals surface area (Å²) in [7, 11) is 3.24. The van der Waals surface area contributed by atoms with Crippen LogP contribution >= 0.6 is 0 Å². The highest BCUT2D eigenvalue weighted by Gasteiger charge is 2.27. The summed E-state index contributed by atoms with van der Waals surface area (Å²) in [5.74, 6) is 0. The molecular formula is C9H18O3. The number of rotatable bonds is 7. The van der Waals surface area contributed by atoms with Gasteiger partial charge in [0.05, 0.1) is 13.2 Å². The third kappa shape index (κ3) is 3.52. The van der Waals surface area contributed by atoms with Gasteiger partial charge in [-0.15, -0.1) is 0 Å². The quantitative estimate of drug-likeness (QED) is 0.619. The van der Waals surface area contributed by atoms with E-state index >= 15 is 0 Å². The van der Waals surface area contributed by atoms with Crippen LogP contribution in [0.2, 0.25) is 0 Å². The van der Waals surface area contributed by atoms with Gasteiger partial charge in [-0.2, -0.15) is 0 Å². The van der Waals surface area contributed by atoms with Crippen LogP contribution in [0.1, 0.15) is 12.8 Å². The lowest BCUT2D eigenvalue weighted by Crippen LogP contribution is -2.32. The lowest BCUT2D eigenvalue weighted by Gasteiger charge is -2.30. The van der Waals surface area contributed by atoms with E-state index in [0.717, 1.165) is 0 Å². The van der Waals surface area contributed by atoms with Crippen molar-refractivity contribution >= 4 is 0 Å². The average Bonchev–Trinajstić information content (AvgIpc) is 2.06. The fourth-order valence-corrected chi connectivity index (χ4v) is 1.26. The number of hydrogen-bond acceptors (Lipinski definition) is 3. The van der Waals surface area contributed by atoms with E-state index in [9.17, 15) is 0 Å². The van der Waals surface area contributed by atoms with Crippen LogP contribution in [-0.2, 0) is 9.47 Å². The summed E-state index contributed by atoms with van der Waals surface area (Å²) in [6, 6.07) is 0. The Labute approximate surface area is 74.7 Å². The number of aliphatic hydroxyl groups excluding tert-OH is 1. The second-order valence-electron chi connectivity index (χ2n) is 3.04. The Hall–Kier alpha value is -0.120. The van der Waals surface area contributed by atoms with Gasteiger partial charge in [-0.25, -0.2) is 0 Å². The molecule has 0 heterocycles. The van der Waals surface area contributed by atoms with E-state index in [1.165, 1.54) is 0 Å². The minimum absolute atomic E-state index is 0.115. The molecule has 0 atom stereocenters. The van der Waals surface area contributed by atoms with Crippen molar-refractivity contribution in [1.82, 2.24) is 0 Å². The summed E-state index contributed by atoms with van der Waals surface area (Å²) >= 11 is 0. The first-order chi connectivity index (χ1) is 5.74. The first kappa shape index (κ1) is 11.9. The van der Waals surface area contributed by atoms with Crippen molar-refractivity contribution in [2.24, 2.45) is 5.41 Å². The van der Waals surface area contributed by atoms with Gasteiger partial charge < -0.3 is 14.6 Å². The zero-order valence-electron chi connectivity index (χ0n) is 7.88. The molecule has 0 aliphatic carbocycles. The van der Waals surface area contributed by atoms with E-state index in [-0.39, 0.29) is 12.0 Å². The van der Waals surface area contributed by atoms with Gasteiger partial charge in [-0.1, -0.05) is 0 Å². The maximum atomic E-state index is 8.82. The van der Waals surface area contributed by atoms with E-state index < -0.39 is 0 Å². The molecule has 3 nitrogen and oxygen atoms in total. The van der Waals surface area contributed by atoms with E-state index in [4.69, 9.17) is 21.5 Å². The fraction of sp³-hybridized carbons (Fsp3) is 0.889. The summed E-state index contributed by atoms with van der Waals surface area (Å²) in [5.41, 5.74) is -0.224. The average molecular weight is 174 g/mol. The SMILES string of the molecule is [CH]CC(CCO)(COC)COC. The lowest BCUT2D eigenvalue weighted by molar-refractivity contribution is -0.00384. The molecule has 0 spiro atoms. The molecule has 0 fully saturated rings. The van der Waals surface area contributed by atoms with Gasteiger partial charge in [0.1, 0.15) is 0 Å². The summed E-state index contributed by atoms with van der Waals surface area (Å²) in [6.45, 7) is 6.76. The molecule has 12 heavy (non-hydrogen) atoms. The van der Waals surface area contributed by atoms with Gasteiger partial charge in [-0.05, 0) is 19.8 Å². The standard InChI is InChI=1S/C9H18O3/c1-4-9(5-6-10,7-11-2)8-12-3/h1,10H,4-8H2,2-3H3. The topological polar surface area (TPSA) is 38.7 Å². The normalized spacial score (nSPS) is 12.0. The van der Waals surface area contributed by atoms with Crippen LogP contribution in [0.3, 0.4) is 0 Å². The minimum atomic E-state index is -0.224. The van der Waals surface area contributed by atoms with Gasteiger partial charge in [-0.3, -0.25) is 0 Å². The molecule has 72 valence electrons. The fourth-order valence-electron chi connectivity index (χ4n) is 1.26. The largest absolute Gasteiger partial charge is 0.396 e. The monoisotopic (exact) mass is 174 g/mol. The maximum Gasteiger partial charge on any atom is 0.0541 e. The Morgan fingerprint density at radius 2 is 1.75 bits per heavy atom. The van der Waals surface area contributed by atoms with Gasteiger partial charge in [0.25, 0.3) is 0 Å². The number of ether oxygens (including phenoxy) is 2. The van der Waals surface area contributed by atoms with Gasteiger partial charge in [0, 0.05) is 26.2 Å². The zero-order valence-corrected chi connectivity index (χ0v) is 7.88. The van der Waals surface area contributed by atoms with Crippen LogP contribution in [0.15, 0.2) is 0 Å². The van der Waals surface area contributed by atoms with Gasteiger partial charge in [0.2, 0.25) is 0 Å². The van der Waals surface area contributed by atoms with Crippen LogP contribution in [0.25, 0.3) is 0 Å². The summed E-state index contributed by atoms with van der Waals surface area (Å²) in [4.78, 5) is 0. The molecule has 0 unspecified atom stereocenters. The Kier molecular flexibility index (Phi) is 6.34. The molecule has 0 aliphatic heterocycles. The summed E-state index contributed by atoms with van der Waals surface area (Å²) in [5, 5.41) is 8.82. The molecule has 0 aromatic carbocycles. The highest BCUT2D eigenvalue weighted by Crippen LogP contribution is 2.26. The predicted molar refractivity (Wildman–Crippen MR) is 46.8 cm³/mol. The smallest absolute Gasteiger partial charge is 0.0541 e. The second-order valence-corrected chi connectivity index (χ2v) is 3.04. The molecule has 0 saturated carbocycles. The van der Waals surface area contributed by atoms with Crippen molar-refractivity contribution < 1.29 is 14.6 Å². The first-order valence-electron chi connectivity index (χ1n) is 4.03. The second kappa shape index (κ2) is 6.40. The molecule has 0 saturated heterocycles. The molecule has 0 aromatic rings. The van der Waals surface area contributed by atoms with Crippen molar-refractivity contribution in [1.29, 1.82) is 0 Å². The van der Waals surface area contributed by atoms with Crippen molar-refractivity contribution in [2.75, 3.05) is 34.0 Å². The first-order valence-corrected chi connectivity index (χ1v) is 4.03. The van der Waals surface area contributed by atoms with E-state index in [1.807, 2.05) is 0 Å². The molecule has 0 amide bonds. The van der Waals surface area contributed by atoms with Gasteiger partial charge in [0.15, 0.2) is 0 Å². The Morgan fingerprint density at radius 1 is 1.25 bits per heavy atom. The van der Waals surface area contributed by atoms with Crippen LogP contribution in [0.5, 0.6) is 0 Å². The molecular weight excluding hydrogens is 156 g/mol. The minimum Gasteiger partial charge on any atom is -0.396 e. The third-order valence-corrected chi connectivity index (χ3v) is 1.98. The molecule has 0 aliphatic rings. The highest BCUT2D eigenvalue weighted by atomic mass is 16.5. The zero-order chi connectivity index (χ0) is 9.45. The van der Waals surface area contributed by atoms with Gasteiger partial charge >= 0.3 is 0 Å². The highest BCUT2D eigenvalue weighted by molar-refractivity contribution is 4.79. The molecule has 1 N–H and O–H groups in total. The third-order valence-electron chi connectivity index (χ3n) is 1.98. The summed E-state index contributed by atoms with van der Waals surface area (Å²) in [6.07, 6.45) is 1.08. The maximum absolute atomic E-state index is 8.82. The summed E-state index contributed by atoms with van der Waals surface area (Å²) < 4.78 is 10.1. The molecule has 2 radical (unpaired) electrons. The van der Waals surface area contributed by atoms with Crippen LogP contribution in [0.4, 0.5) is 0 Å². The Balaban J connectivity index is 4.06. The molecule has 0 bridgehead atoms. The number of methoxy groups -OCH3 is 2. The van der Waals surface area contributed by atoms with Crippen LogP contribution in [0, 0.1) is 12.3 Å².